The van der Waals surface area contributed by atoms with Crippen LogP contribution in [0.1, 0.15) is 24.2 Å². The number of carbonyl (C=O) groups excluding carboxylic acids is 1. The molecule has 1 aromatic carbocycles. The largest absolute Gasteiger partial charge is 0.490 e. The average Bonchev–Trinajstić information content (AvgIpc) is 2.34. The van der Waals surface area contributed by atoms with Crippen molar-refractivity contribution in [3.63, 3.8) is 0 Å². The molecule has 0 saturated carbocycles. The molecule has 0 fully saturated rings. The van der Waals surface area contributed by atoms with Crippen LogP contribution < -0.4 is 10.1 Å². The lowest BCUT2D eigenvalue weighted by atomic mass is 10.1. The fourth-order valence-electron chi connectivity index (χ4n) is 1.37. The Morgan fingerprint density at radius 2 is 2.17 bits per heavy atom. The fraction of sp³-hybridized carbons (Fsp3) is 0.417. The zero-order chi connectivity index (χ0) is 13.7. The predicted molar refractivity (Wildman–Crippen MR) is 66.8 cm³/mol. The second-order valence-electron chi connectivity index (χ2n) is 4.25. The number of methoxy groups -OCH3 is 1. The summed E-state index contributed by atoms with van der Waals surface area (Å²) in [5.74, 6) is 0.156. The van der Waals surface area contributed by atoms with Crippen molar-refractivity contribution < 1.29 is 14.5 Å². The van der Waals surface area contributed by atoms with Crippen molar-refractivity contribution >= 4 is 11.6 Å². The molecule has 0 aliphatic rings. The van der Waals surface area contributed by atoms with E-state index in [2.05, 4.69) is 5.32 Å². The summed E-state index contributed by atoms with van der Waals surface area (Å²) in [5, 5.41) is 13.4. The number of rotatable bonds is 5. The highest BCUT2D eigenvalue weighted by molar-refractivity contribution is 5.95. The predicted octanol–water partition coefficient (Wildman–Crippen LogP) is 1.99. The molecule has 0 aromatic heterocycles. The number of ether oxygens (including phenoxy) is 1. The first kappa shape index (κ1) is 14.0. The maximum absolute atomic E-state index is 11.8. The van der Waals surface area contributed by atoms with E-state index in [1.807, 2.05) is 13.8 Å². The van der Waals surface area contributed by atoms with Crippen LogP contribution in [0, 0.1) is 16.0 Å². The van der Waals surface area contributed by atoms with Gasteiger partial charge in [-0.15, -0.1) is 0 Å². The number of amides is 1. The van der Waals surface area contributed by atoms with Crippen molar-refractivity contribution in [1.29, 1.82) is 0 Å². The third kappa shape index (κ3) is 3.44. The highest BCUT2D eigenvalue weighted by atomic mass is 16.6. The van der Waals surface area contributed by atoms with Crippen molar-refractivity contribution in [3.8, 4) is 5.75 Å². The van der Waals surface area contributed by atoms with Gasteiger partial charge < -0.3 is 10.1 Å². The minimum atomic E-state index is -0.547. The normalized spacial score (nSPS) is 10.2. The van der Waals surface area contributed by atoms with Crippen molar-refractivity contribution in [1.82, 2.24) is 5.32 Å². The van der Waals surface area contributed by atoms with E-state index in [4.69, 9.17) is 4.74 Å². The Balaban J connectivity index is 2.91. The molecule has 6 heteroatoms. The van der Waals surface area contributed by atoms with Gasteiger partial charge in [0.1, 0.15) is 0 Å². The standard InChI is InChI=1S/C12H16N2O4/c1-8(2)7-13-12(15)9-4-5-10(14(16)17)11(6-9)18-3/h4-6,8H,7H2,1-3H3,(H,13,15). The zero-order valence-corrected chi connectivity index (χ0v) is 10.6. The van der Waals surface area contributed by atoms with E-state index in [0.29, 0.717) is 18.0 Å². The van der Waals surface area contributed by atoms with E-state index < -0.39 is 4.92 Å². The molecule has 0 radical (unpaired) electrons. The summed E-state index contributed by atoms with van der Waals surface area (Å²) in [6.07, 6.45) is 0. The van der Waals surface area contributed by atoms with Gasteiger partial charge in [0, 0.05) is 24.2 Å². The van der Waals surface area contributed by atoms with Crippen molar-refractivity contribution in [3.05, 3.63) is 33.9 Å². The molecule has 1 aromatic rings. The van der Waals surface area contributed by atoms with Gasteiger partial charge in [-0.3, -0.25) is 14.9 Å². The number of nitrogens with one attached hydrogen (secondary N) is 1. The molecule has 0 bridgehead atoms. The molecule has 0 atom stereocenters. The number of nitrogens with zero attached hydrogens (tertiary/aromatic N) is 1. The summed E-state index contributed by atoms with van der Waals surface area (Å²) in [6, 6.07) is 4.05. The van der Waals surface area contributed by atoms with Crippen LogP contribution in [0.3, 0.4) is 0 Å². The van der Waals surface area contributed by atoms with Crippen LogP contribution in [0.5, 0.6) is 5.75 Å². The monoisotopic (exact) mass is 252 g/mol. The SMILES string of the molecule is COc1cc(C(=O)NCC(C)C)ccc1[N+](=O)[O-]. The molecule has 0 aliphatic heterocycles. The Morgan fingerprint density at radius 1 is 1.50 bits per heavy atom. The smallest absolute Gasteiger partial charge is 0.310 e. The quantitative estimate of drug-likeness (QED) is 0.641. The summed E-state index contributed by atoms with van der Waals surface area (Å²) < 4.78 is 4.90. The van der Waals surface area contributed by atoms with Crippen LogP contribution >= 0.6 is 0 Å². The molecule has 1 amide bonds. The van der Waals surface area contributed by atoms with Crippen molar-refractivity contribution in [2.75, 3.05) is 13.7 Å². The number of carbonyl (C=O) groups is 1. The molecule has 1 N–H and O–H groups in total. The molecule has 98 valence electrons. The highest BCUT2D eigenvalue weighted by Gasteiger charge is 2.17. The summed E-state index contributed by atoms with van der Waals surface area (Å²) >= 11 is 0. The number of hydrogen-bond acceptors (Lipinski definition) is 4. The van der Waals surface area contributed by atoms with Crippen LogP contribution in [0.4, 0.5) is 5.69 Å². The molecular formula is C12H16N2O4. The second-order valence-corrected chi connectivity index (χ2v) is 4.25. The first-order valence-corrected chi connectivity index (χ1v) is 5.56. The Morgan fingerprint density at radius 3 is 2.67 bits per heavy atom. The third-order valence-electron chi connectivity index (χ3n) is 2.31. The summed E-state index contributed by atoms with van der Waals surface area (Å²) in [6.45, 7) is 4.52. The Labute approximate surface area is 105 Å². The van der Waals surface area contributed by atoms with E-state index in [1.54, 1.807) is 0 Å². The maximum atomic E-state index is 11.8. The topological polar surface area (TPSA) is 81.5 Å². The van der Waals surface area contributed by atoms with Crippen molar-refractivity contribution in [2.24, 2.45) is 5.92 Å². The van der Waals surface area contributed by atoms with E-state index in [0.717, 1.165) is 0 Å². The molecule has 0 unspecified atom stereocenters. The molecule has 0 spiro atoms. The first-order valence-electron chi connectivity index (χ1n) is 5.56. The summed E-state index contributed by atoms with van der Waals surface area (Å²) in [7, 11) is 1.33. The number of nitro benzene ring substituents is 1. The first-order chi connectivity index (χ1) is 8.45. The average molecular weight is 252 g/mol. The molecule has 0 aliphatic carbocycles. The third-order valence-corrected chi connectivity index (χ3v) is 2.31. The van der Waals surface area contributed by atoms with E-state index in [9.17, 15) is 14.9 Å². The fourth-order valence-corrected chi connectivity index (χ4v) is 1.37. The Kier molecular flexibility index (Phi) is 4.65. The molecule has 1 rings (SSSR count). The van der Waals surface area contributed by atoms with Gasteiger partial charge in [-0.1, -0.05) is 13.8 Å². The maximum Gasteiger partial charge on any atom is 0.310 e. The molecule has 6 nitrogen and oxygen atoms in total. The van der Waals surface area contributed by atoms with Crippen LogP contribution in [-0.2, 0) is 0 Å². The minimum Gasteiger partial charge on any atom is -0.490 e. The van der Waals surface area contributed by atoms with Crippen LogP contribution in [-0.4, -0.2) is 24.5 Å². The van der Waals surface area contributed by atoms with E-state index >= 15 is 0 Å². The molecule has 0 saturated heterocycles. The lowest BCUT2D eigenvalue weighted by Gasteiger charge is -2.08. The Bertz CT molecular complexity index is 457. The van der Waals surface area contributed by atoms with Gasteiger partial charge in [-0.2, -0.15) is 0 Å². The van der Waals surface area contributed by atoms with Crippen LogP contribution in [0.15, 0.2) is 18.2 Å². The van der Waals surface area contributed by atoms with Gasteiger partial charge in [0.25, 0.3) is 5.91 Å². The van der Waals surface area contributed by atoms with Gasteiger partial charge in [-0.25, -0.2) is 0 Å². The minimum absolute atomic E-state index is 0.0807. The van der Waals surface area contributed by atoms with E-state index in [-0.39, 0.29) is 17.3 Å². The van der Waals surface area contributed by atoms with Gasteiger partial charge in [0.05, 0.1) is 12.0 Å². The second kappa shape index (κ2) is 6.00. The number of hydrogen-bond donors (Lipinski definition) is 1. The lowest BCUT2D eigenvalue weighted by molar-refractivity contribution is -0.385. The molecule has 18 heavy (non-hydrogen) atoms. The van der Waals surface area contributed by atoms with Crippen molar-refractivity contribution in [2.45, 2.75) is 13.8 Å². The van der Waals surface area contributed by atoms with Crippen LogP contribution in [0.25, 0.3) is 0 Å². The summed E-state index contributed by atoms with van der Waals surface area (Å²) in [5.41, 5.74) is 0.191. The molecular weight excluding hydrogens is 236 g/mol. The van der Waals surface area contributed by atoms with Gasteiger partial charge in [0.2, 0.25) is 0 Å². The lowest BCUT2D eigenvalue weighted by Crippen LogP contribution is -2.27. The number of benzene rings is 1. The van der Waals surface area contributed by atoms with Gasteiger partial charge in [0.15, 0.2) is 5.75 Å². The Hall–Kier alpha value is -2.11. The zero-order valence-electron chi connectivity index (χ0n) is 10.6. The van der Waals surface area contributed by atoms with E-state index in [1.165, 1.54) is 25.3 Å². The molecule has 0 heterocycles. The van der Waals surface area contributed by atoms with Gasteiger partial charge >= 0.3 is 5.69 Å². The number of nitro groups is 1. The summed E-state index contributed by atoms with van der Waals surface area (Å²) in [4.78, 5) is 21.9. The van der Waals surface area contributed by atoms with Gasteiger partial charge in [-0.05, 0) is 12.0 Å². The van der Waals surface area contributed by atoms with Crippen LogP contribution in [0.2, 0.25) is 0 Å². The highest BCUT2D eigenvalue weighted by Crippen LogP contribution is 2.27.